The topological polar surface area (TPSA) is 40.5 Å². The van der Waals surface area contributed by atoms with Gasteiger partial charge in [0, 0.05) is 0 Å². The minimum Gasteiger partial charge on any atom is -0.390 e. The maximum absolute atomic E-state index is 10.5. The van der Waals surface area contributed by atoms with Crippen molar-refractivity contribution in [2.24, 2.45) is 51.8 Å². The fourth-order valence-corrected chi connectivity index (χ4v) is 8.81. The third-order valence-corrected chi connectivity index (χ3v) is 11.4. The van der Waals surface area contributed by atoms with Crippen LogP contribution in [0.2, 0.25) is 0 Å². The van der Waals surface area contributed by atoms with Gasteiger partial charge in [-0.05, 0) is 103 Å². The Labute approximate surface area is 192 Å². The van der Waals surface area contributed by atoms with Gasteiger partial charge in [-0.15, -0.1) is 0 Å². The molecular weight excluding hydrogens is 380 g/mol. The van der Waals surface area contributed by atoms with Gasteiger partial charge in [-0.2, -0.15) is 0 Å². The summed E-state index contributed by atoms with van der Waals surface area (Å²) in [5.74, 6) is 4.81. The third kappa shape index (κ3) is 3.96. The predicted octanol–water partition coefficient (Wildman–Crippen LogP) is 7.00. The van der Waals surface area contributed by atoms with Crippen LogP contribution in [0, 0.1) is 51.8 Å². The van der Waals surface area contributed by atoms with E-state index in [1.54, 1.807) is 0 Å². The van der Waals surface area contributed by atoms with Crippen molar-refractivity contribution in [3.05, 3.63) is 11.6 Å². The zero-order valence-electron chi connectivity index (χ0n) is 21.5. The summed E-state index contributed by atoms with van der Waals surface area (Å²) in [4.78, 5) is 0. The Hall–Kier alpha value is -0.340. The average molecular weight is 431 g/mol. The smallest absolute Gasteiger partial charge is 0.0836 e. The van der Waals surface area contributed by atoms with Crippen molar-refractivity contribution in [1.82, 2.24) is 0 Å². The molecule has 0 saturated heterocycles. The van der Waals surface area contributed by atoms with Crippen molar-refractivity contribution >= 4 is 0 Å². The third-order valence-electron chi connectivity index (χ3n) is 11.4. The molecule has 2 N–H and O–H groups in total. The zero-order chi connectivity index (χ0) is 22.8. The van der Waals surface area contributed by atoms with Crippen LogP contribution in [0.4, 0.5) is 0 Å². The molecule has 3 fully saturated rings. The highest BCUT2D eigenvalue weighted by Gasteiger charge is 2.59. The lowest BCUT2D eigenvalue weighted by molar-refractivity contribution is -0.0890. The molecule has 0 bridgehead atoms. The maximum Gasteiger partial charge on any atom is 0.0836 e. The minimum absolute atomic E-state index is 0.106. The fourth-order valence-electron chi connectivity index (χ4n) is 8.81. The first-order valence-corrected chi connectivity index (χ1v) is 13.4. The summed E-state index contributed by atoms with van der Waals surface area (Å²) < 4.78 is 0. The highest BCUT2D eigenvalue weighted by Crippen LogP contribution is 2.67. The number of fused-ring (bicyclic) bond motifs is 5. The van der Waals surface area contributed by atoms with E-state index in [0.717, 1.165) is 36.0 Å². The summed E-state index contributed by atoms with van der Waals surface area (Å²) in [5.41, 5.74) is 2.48. The largest absolute Gasteiger partial charge is 0.390 e. The van der Waals surface area contributed by atoms with Gasteiger partial charge in [0.15, 0.2) is 0 Å². The van der Waals surface area contributed by atoms with E-state index in [2.05, 4.69) is 54.5 Å². The number of hydrogen-bond acceptors (Lipinski definition) is 2. The van der Waals surface area contributed by atoms with E-state index in [1.165, 1.54) is 50.5 Å². The summed E-state index contributed by atoms with van der Waals surface area (Å²) in [7, 11) is 0. The molecule has 178 valence electrons. The normalized spacial score (nSPS) is 47.1. The van der Waals surface area contributed by atoms with Crippen LogP contribution in [0.3, 0.4) is 0 Å². The van der Waals surface area contributed by atoms with E-state index in [0.29, 0.717) is 23.2 Å². The SMILES string of the molecule is CC(CCC(C)C(C)(C)C)C1CCC2C3CC=C4CC(O)C(O)CC4(C)C3CCC12C. The first kappa shape index (κ1) is 23.8. The monoisotopic (exact) mass is 430 g/mol. The van der Waals surface area contributed by atoms with Crippen molar-refractivity contribution in [2.75, 3.05) is 0 Å². The summed E-state index contributed by atoms with van der Waals surface area (Å²) in [6.45, 7) is 17.2. The lowest BCUT2D eigenvalue weighted by Crippen LogP contribution is -2.53. The summed E-state index contributed by atoms with van der Waals surface area (Å²) >= 11 is 0. The van der Waals surface area contributed by atoms with Crippen LogP contribution in [0.25, 0.3) is 0 Å². The van der Waals surface area contributed by atoms with E-state index in [4.69, 9.17) is 0 Å². The zero-order valence-corrected chi connectivity index (χ0v) is 21.5. The second kappa shape index (κ2) is 8.15. The molecule has 0 aromatic rings. The first-order chi connectivity index (χ1) is 14.4. The Morgan fingerprint density at radius 2 is 1.71 bits per heavy atom. The number of aliphatic hydroxyl groups excluding tert-OH is 2. The molecule has 31 heavy (non-hydrogen) atoms. The molecule has 10 atom stereocenters. The van der Waals surface area contributed by atoms with Crippen LogP contribution in [-0.4, -0.2) is 22.4 Å². The van der Waals surface area contributed by atoms with E-state index in [1.807, 2.05) is 0 Å². The molecule has 0 aromatic carbocycles. The quantitative estimate of drug-likeness (QED) is 0.472. The fraction of sp³-hybridized carbons (Fsp3) is 0.931. The molecule has 0 amide bonds. The van der Waals surface area contributed by atoms with Crippen LogP contribution < -0.4 is 0 Å². The van der Waals surface area contributed by atoms with Gasteiger partial charge in [-0.25, -0.2) is 0 Å². The van der Waals surface area contributed by atoms with E-state index in [9.17, 15) is 10.2 Å². The predicted molar refractivity (Wildman–Crippen MR) is 130 cm³/mol. The minimum atomic E-state index is -0.558. The molecule has 0 heterocycles. The Bertz CT molecular complexity index is 689. The van der Waals surface area contributed by atoms with Gasteiger partial charge in [-0.1, -0.05) is 66.5 Å². The maximum atomic E-state index is 10.5. The number of hydrogen-bond donors (Lipinski definition) is 2. The average Bonchev–Trinajstić information content (AvgIpc) is 3.03. The summed E-state index contributed by atoms with van der Waals surface area (Å²) in [6.07, 6.45) is 12.3. The molecule has 0 aromatic heterocycles. The Morgan fingerprint density at radius 3 is 2.39 bits per heavy atom. The van der Waals surface area contributed by atoms with Gasteiger partial charge in [0.25, 0.3) is 0 Å². The van der Waals surface area contributed by atoms with E-state index >= 15 is 0 Å². The van der Waals surface area contributed by atoms with Gasteiger partial charge in [0.1, 0.15) is 0 Å². The molecule has 3 saturated carbocycles. The summed E-state index contributed by atoms with van der Waals surface area (Å²) in [5, 5.41) is 20.8. The van der Waals surface area contributed by atoms with Gasteiger partial charge in [0.2, 0.25) is 0 Å². The molecule has 10 unspecified atom stereocenters. The molecule has 0 aliphatic heterocycles. The lowest BCUT2D eigenvalue weighted by Gasteiger charge is -2.59. The molecule has 0 spiro atoms. The molecule has 4 aliphatic carbocycles. The standard InChI is InChI=1S/C29H50O2/c1-18(8-9-19(2)27(3,4)5)22-12-13-23-21-11-10-20-16-25(30)26(31)17-29(20,7)24(21)14-15-28(22,23)6/h10,18-19,21-26,30-31H,8-9,11-17H2,1-7H3. The second-order valence-corrected chi connectivity index (χ2v) is 13.9. The van der Waals surface area contributed by atoms with Gasteiger partial charge >= 0.3 is 0 Å². The summed E-state index contributed by atoms with van der Waals surface area (Å²) in [6, 6.07) is 0. The Kier molecular flexibility index (Phi) is 6.26. The van der Waals surface area contributed by atoms with Crippen LogP contribution >= 0.6 is 0 Å². The number of allylic oxidation sites excluding steroid dienone is 1. The van der Waals surface area contributed by atoms with E-state index < -0.39 is 12.2 Å². The molecular formula is C29H50O2. The molecule has 0 radical (unpaired) electrons. The van der Waals surface area contributed by atoms with Crippen molar-refractivity contribution in [1.29, 1.82) is 0 Å². The van der Waals surface area contributed by atoms with Crippen LogP contribution in [0.1, 0.15) is 106 Å². The Morgan fingerprint density at radius 1 is 1.00 bits per heavy atom. The van der Waals surface area contributed by atoms with Crippen molar-refractivity contribution < 1.29 is 10.2 Å². The molecule has 2 heteroatoms. The second-order valence-electron chi connectivity index (χ2n) is 13.9. The van der Waals surface area contributed by atoms with Gasteiger partial charge in [-0.3, -0.25) is 0 Å². The van der Waals surface area contributed by atoms with Crippen LogP contribution in [0.15, 0.2) is 11.6 Å². The highest BCUT2D eigenvalue weighted by molar-refractivity contribution is 5.26. The number of rotatable bonds is 4. The Balaban J connectivity index is 1.49. The molecule has 4 rings (SSSR count). The van der Waals surface area contributed by atoms with Gasteiger partial charge in [0.05, 0.1) is 12.2 Å². The van der Waals surface area contributed by atoms with Crippen molar-refractivity contribution in [2.45, 2.75) is 118 Å². The highest BCUT2D eigenvalue weighted by atomic mass is 16.3. The van der Waals surface area contributed by atoms with Crippen molar-refractivity contribution in [3.63, 3.8) is 0 Å². The number of aliphatic hydroxyl groups is 2. The first-order valence-electron chi connectivity index (χ1n) is 13.4. The van der Waals surface area contributed by atoms with E-state index in [-0.39, 0.29) is 5.41 Å². The molecule has 4 aliphatic rings. The molecule has 2 nitrogen and oxygen atoms in total. The van der Waals surface area contributed by atoms with Crippen LogP contribution in [0.5, 0.6) is 0 Å². The van der Waals surface area contributed by atoms with Crippen molar-refractivity contribution in [3.8, 4) is 0 Å². The lowest BCUT2D eigenvalue weighted by atomic mass is 9.46. The van der Waals surface area contributed by atoms with Crippen LogP contribution in [-0.2, 0) is 0 Å². The van der Waals surface area contributed by atoms with Gasteiger partial charge < -0.3 is 10.2 Å².